The molecule has 3 rings (SSSR count). The Balaban J connectivity index is 2.18. The average molecular weight is 439 g/mol. The van der Waals surface area contributed by atoms with E-state index in [9.17, 15) is 14.4 Å². The Morgan fingerprint density at radius 1 is 1.19 bits per heavy atom. The van der Waals surface area contributed by atoms with Gasteiger partial charge in [0.15, 0.2) is 5.69 Å². The van der Waals surface area contributed by atoms with Crippen molar-refractivity contribution in [2.75, 3.05) is 31.0 Å². The van der Waals surface area contributed by atoms with Crippen molar-refractivity contribution in [1.29, 1.82) is 0 Å². The molecule has 0 saturated carbocycles. The fourth-order valence-corrected chi connectivity index (χ4v) is 3.21. The Bertz CT molecular complexity index is 1190. The van der Waals surface area contributed by atoms with Crippen molar-refractivity contribution in [3.63, 3.8) is 0 Å². The first-order valence-electron chi connectivity index (χ1n) is 10.0. The molecule has 10 nitrogen and oxygen atoms in total. The van der Waals surface area contributed by atoms with Crippen LogP contribution in [0.25, 0.3) is 0 Å². The van der Waals surface area contributed by atoms with Gasteiger partial charge in [0.1, 0.15) is 11.4 Å². The standard InChI is InChI=1S/C22H25N5O5/c1-3-32-20-16(10-7-11-24-20)21(29)27(14-15-8-5-4-6-9-15)17-18(23)26(12-13-31-2)22(30)25-19(17)28/h4-11H,3,12-14,23H2,1-2H3,(H,25,28,30). The summed E-state index contributed by atoms with van der Waals surface area (Å²) in [6, 6.07) is 12.3. The van der Waals surface area contributed by atoms with E-state index in [0.29, 0.717) is 6.61 Å². The lowest BCUT2D eigenvalue weighted by atomic mass is 10.1. The van der Waals surface area contributed by atoms with Crippen molar-refractivity contribution in [2.45, 2.75) is 20.0 Å². The number of carbonyl (C=O) groups excluding carboxylic acids is 1. The molecule has 32 heavy (non-hydrogen) atoms. The summed E-state index contributed by atoms with van der Waals surface area (Å²) >= 11 is 0. The van der Waals surface area contributed by atoms with Crippen LogP contribution >= 0.6 is 0 Å². The fraction of sp³-hybridized carbons (Fsp3) is 0.273. The van der Waals surface area contributed by atoms with E-state index in [1.165, 1.54) is 18.2 Å². The van der Waals surface area contributed by atoms with Crippen LogP contribution in [0.4, 0.5) is 11.5 Å². The van der Waals surface area contributed by atoms with Crippen LogP contribution in [-0.4, -0.2) is 40.8 Å². The van der Waals surface area contributed by atoms with Gasteiger partial charge in [-0.2, -0.15) is 0 Å². The predicted molar refractivity (Wildman–Crippen MR) is 120 cm³/mol. The first kappa shape index (κ1) is 22.8. The largest absolute Gasteiger partial charge is 0.477 e. The Kier molecular flexibility index (Phi) is 7.40. The van der Waals surface area contributed by atoms with E-state index >= 15 is 0 Å². The highest BCUT2D eigenvalue weighted by atomic mass is 16.5. The van der Waals surface area contributed by atoms with Crippen LogP contribution in [0.1, 0.15) is 22.8 Å². The van der Waals surface area contributed by atoms with Crippen molar-refractivity contribution < 1.29 is 14.3 Å². The molecule has 0 aliphatic carbocycles. The summed E-state index contributed by atoms with van der Waals surface area (Å²) in [7, 11) is 1.48. The molecule has 2 aromatic heterocycles. The fourth-order valence-electron chi connectivity index (χ4n) is 3.21. The van der Waals surface area contributed by atoms with E-state index in [0.717, 1.165) is 10.1 Å². The van der Waals surface area contributed by atoms with Crippen molar-refractivity contribution in [2.24, 2.45) is 0 Å². The number of nitrogens with one attached hydrogen (secondary N) is 1. The number of amides is 1. The van der Waals surface area contributed by atoms with E-state index in [4.69, 9.17) is 15.2 Å². The van der Waals surface area contributed by atoms with E-state index in [-0.39, 0.29) is 42.6 Å². The number of ether oxygens (including phenoxy) is 2. The van der Waals surface area contributed by atoms with E-state index < -0.39 is 17.2 Å². The SMILES string of the molecule is CCOc1ncccc1C(=O)N(Cc1ccccc1)c1c(N)n(CCOC)c(=O)[nH]c1=O. The number of hydrogen-bond acceptors (Lipinski definition) is 7. The highest BCUT2D eigenvalue weighted by Gasteiger charge is 2.28. The van der Waals surface area contributed by atoms with Crippen molar-refractivity contribution in [1.82, 2.24) is 14.5 Å². The predicted octanol–water partition coefficient (Wildman–Crippen LogP) is 1.41. The second-order valence-electron chi connectivity index (χ2n) is 6.80. The number of nitrogens with two attached hydrogens (primary N) is 1. The first-order chi connectivity index (χ1) is 15.5. The molecule has 0 atom stereocenters. The molecular weight excluding hydrogens is 414 g/mol. The highest BCUT2D eigenvalue weighted by molar-refractivity contribution is 6.08. The number of carbonyl (C=O) groups is 1. The third-order valence-electron chi connectivity index (χ3n) is 4.71. The number of hydrogen-bond donors (Lipinski definition) is 2. The van der Waals surface area contributed by atoms with Gasteiger partial charge in [-0.25, -0.2) is 9.78 Å². The number of benzene rings is 1. The molecule has 10 heteroatoms. The minimum atomic E-state index is -0.771. The Morgan fingerprint density at radius 2 is 1.94 bits per heavy atom. The summed E-state index contributed by atoms with van der Waals surface area (Å²) in [4.78, 5) is 46.4. The van der Waals surface area contributed by atoms with Gasteiger partial charge in [0, 0.05) is 13.3 Å². The topological polar surface area (TPSA) is 133 Å². The van der Waals surface area contributed by atoms with Gasteiger partial charge < -0.3 is 15.2 Å². The number of H-pyrrole nitrogens is 1. The normalized spacial score (nSPS) is 10.7. The summed E-state index contributed by atoms with van der Waals surface area (Å²) in [6.07, 6.45) is 1.51. The van der Waals surface area contributed by atoms with Gasteiger partial charge in [0.05, 0.1) is 26.3 Å². The number of nitrogens with zero attached hydrogens (tertiary/aromatic N) is 3. The minimum absolute atomic E-state index is 0.0376. The molecule has 0 spiro atoms. The van der Waals surface area contributed by atoms with Crippen LogP contribution < -0.4 is 26.6 Å². The number of pyridine rings is 1. The monoisotopic (exact) mass is 439 g/mol. The maximum atomic E-state index is 13.6. The van der Waals surface area contributed by atoms with Gasteiger partial charge in [0.25, 0.3) is 11.5 Å². The number of aromatic amines is 1. The average Bonchev–Trinajstić information content (AvgIpc) is 2.79. The number of methoxy groups -OCH3 is 1. The lowest BCUT2D eigenvalue weighted by Crippen LogP contribution is -2.41. The van der Waals surface area contributed by atoms with Crippen LogP contribution in [0.5, 0.6) is 5.88 Å². The zero-order valence-corrected chi connectivity index (χ0v) is 17.9. The third-order valence-corrected chi connectivity index (χ3v) is 4.71. The molecule has 3 N–H and O–H groups in total. The van der Waals surface area contributed by atoms with Crippen LogP contribution in [0.3, 0.4) is 0 Å². The summed E-state index contributed by atoms with van der Waals surface area (Å²) in [6.45, 7) is 2.42. The van der Waals surface area contributed by atoms with Crippen LogP contribution in [0.15, 0.2) is 58.3 Å². The Morgan fingerprint density at radius 3 is 2.62 bits per heavy atom. The molecule has 1 aromatic carbocycles. The molecule has 3 aromatic rings. The quantitative estimate of drug-likeness (QED) is 0.515. The van der Waals surface area contributed by atoms with Gasteiger partial charge in [0.2, 0.25) is 5.88 Å². The second kappa shape index (κ2) is 10.4. The molecule has 0 aliphatic rings. The molecule has 0 fully saturated rings. The Hall–Kier alpha value is -3.92. The van der Waals surface area contributed by atoms with Crippen LogP contribution in [0.2, 0.25) is 0 Å². The van der Waals surface area contributed by atoms with Gasteiger partial charge in [-0.1, -0.05) is 30.3 Å². The molecule has 0 aliphatic heterocycles. The highest BCUT2D eigenvalue weighted by Crippen LogP contribution is 2.25. The number of aromatic nitrogens is 3. The number of anilines is 2. The lowest BCUT2D eigenvalue weighted by molar-refractivity contribution is 0.0980. The Labute approximate surface area is 184 Å². The van der Waals surface area contributed by atoms with Gasteiger partial charge in [-0.05, 0) is 24.6 Å². The van der Waals surface area contributed by atoms with E-state index in [1.54, 1.807) is 19.1 Å². The first-order valence-corrected chi connectivity index (χ1v) is 10.0. The van der Waals surface area contributed by atoms with Crippen LogP contribution in [-0.2, 0) is 17.8 Å². The molecule has 0 unspecified atom stereocenters. The summed E-state index contributed by atoms with van der Waals surface area (Å²) in [5.74, 6) is -0.540. The molecule has 0 radical (unpaired) electrons. The maximum absolute atomic E-state index is 13.6. The van der Waals surface area contributed by atoms with Crippen molar-refractivity contribution >= 4 is 17.4 Å². The maximum Gasteiger partial charge on any atom is 0.330 e. The van der Waals surface area contributed by atoms with Crippen molar-refractivity contribution in [3.05, 3.63) is 80.6 Å². The van der Waals surface area contributed by atoms with Gasteiger partial charge >= 0.3 is 5.69 Å². The van der Waals surface area contributed by atoms with Crippen molar-refractivity contribution in [3.8, 4) is 5.88 Å². The third kappa shape index (κ3) is 4.86. The second-order valence-corrected chi connectivity index (χ2v) is 6.80. The molecule has 0 bridgehead atoms. The van der Waals surface area contributed by atoms with E-state index in [2.05, 4.69) is 9.97 Å². The van der Waals surface area contributed by atoms with Gasteiger partial charge in [-0.3, -0.25) is 24.0 Å². The van der Waals surface area contributed by atoms with Gasteiger partial charge in [-0.15, -0.1) is 0 Å². The summed E-state index contributed by atoms with van der Waals surface area (Å²) < 4.78 is 11.7. The molecular formula is C22H25N5O5. The molecule has 168 valence electrons. The number of nitrogen functional groups attached to an aromatic ring is 1. The summed E-state index contributed by atoms with van der Waals surface area (Å²) in [5, 5.41) is 0. The molecule has 0 saturated heterocycles. The smallest absolute Gasteiger partial charge is 0.330 e. The zero-order chi connectivity index (χ0) is 23.1. The lowest BCUT2D eigenvalue weighted by Gasteiger charge is -2.25. The van der Waals surface area contributed by atoms with Crippen LogP contribution in [0, 0.1) is 0 Å². The zero-order valence-electron chi connectivity index (χ0n) is 17.9. The number of rotatable bonds is 9. The summed E-state index contributed by atoms with van der Waals surface area (Å²) in [5.41, 5.74) is 5.57. The van der Waals surface area contributed by atoms with E-state index in [1.807, 2.05) is 30.3 Å². The molecule has 2 heterocycles. The molecule has 1 amide bonds. The minimum Gasteiger partial charge on any atom is -0.477 e.